The molecular weight excluding hydrogens is 392 g/mol. The largest absolute Gasteiger partial charge is 0.370 e. The van der Waals surface area contributed by atoms with Crippen LogP contribution in [0.3, 0.4) is 0 Å². The van der Waals surface area contributed by atoms with E-state index in [9.17, 15) is 20.6 Å². The average Bonchev–Trinajstić information content (AvgIpc) is 2.78. The minimum Gasteiger partial charge on any atom is -0.370 e. The Balaban J connectivity index is 1.88. The van der Waals surface area contributed by atoms with Gasteiger partial charge in [0.15, 0.2) is 0 Å². The quantitative estimate of drug-likeness (QED) is 0.293. The smallest absolute Gasteiger partial charge is 0.272 e. The van der Waals surface area contributed by atoms with Crippen molar-refractivity contribution in [1.82, 2.24) is 0 Å². The number of nitro groups is 1. The summed E-state index contributed by atoms with van der Waals surface area (Å²) in [5.41, 5.74) is 3.15. The molecule has 0 radical (unpaired) electrons. The van der Waals surface area contributed by atoms with Crippen molar-refractivity contribution in [3.63, 3.8) is 0 Å². The molecule has 0 unspecified atom stereocenters. The Morgan fingerprint density at radius 1 is 1.00 bits per heavy atom. The minimum atomic E-state index is -0.655. The fourth-order valence-corrected chi connectivity index (χ4v) is 3.04. The molecule has 3 rings (SSSR count). The van der Waals surface area contributed by atoms with Crippen LogP contribution in [0.25, 0.3) is 0 Å². The van der Waals surface area contributed by atoms with Gasteiger partial charge < -0.3 is 4.90 Å². The van der Waals surface area contributed by atoms with Crippen molar-refractivity contribution in [1.29, 1.82) is 10.5 Å². The first-order chi connectivity index (χ1) is 14.9. The fourth-order valence-electron chi connectivity index (χ4n) is 3.04. The predicted molar refractivity (Wildman–Crippen MR) is 116 cm³/mol. The second kappa shape index (κ2) is 9.29. The maximum absolute atomic E-state index is 11.0. The summed E-state index contributed by atoms with van der Waals surface area (Å²) in [6.07, 6.45) is 0. The van der Waals surface area contributed by atoms with E-state index in [1.807, 2.05) is 56.4 Å². The number of nitrogens with zero attached hydrogens (tertiary/aromatic N) is 6. The first kappa shape index (κ1) is 21.2. The van der Waals surface area contributed by atoms with Crippen LogP contribution in [0.1, 0.15) is 22.3 Å². The van der Waals surface area contributed by atoms with Crippen LogP contribution in [-0.2, 0) is 6.54 Å². The molecule has 0 aromatic heterocycles. The number of benzene rings is 3. The third-order valence-corrected chi connectivity index (χ3v) is 4.69. The van der Waals surface area contributed by atoms with Crippen LogP contribution in [0.2, 0.25) is 0 Å². The van der Waals surface area contributed by atoms with Crippen LogP contribution in [0, 0.1) is 39.7 Å². The highest BCUT2D eigenvalue weighted by Crippen LogP contribution is 2.32. The summed E-state index contributed by atoms with van der Waals surface area (Å²) in [4.78, 5) is 12.5. The third kappa shape index (κ3) is 4.89. The molecule has 0 saturated carbocycles. The summed E-state index contributed by atoms with van der Waals surface area (Å²) < 4.78 is 0. The Bertz CT molecular complexity index is 1200. The van der Waals surface area contributed by atoms with E-state index in [1.165, 1.54) is 5.56 Å². The minimum absolute atomic E-state index is 0.0141. The number of rotatable bonds is 6. The lowest BCUT2D eigenvalue weighted by Gasteiger charge is -2.20. The Morgan fingerprint density at radius 3 is 2.19 bits per heavy atom. The Morgan fingerprint density at radius 2 is 1.65 bits per heavy atom. The molecule has 0 bridgehead atoms. The van der Waals surface area contributed by atoms with Crippen LogP contribution < -0.4 is 4.90 Å². The van der Waals surface area contributed by atoms with E-state index in [-0.39, 0.29) is 22.5 Å². The normalized spacial score (nSPS) is 10.5. The van der Waals surface area contributed by atoms with Crippen LogP contribution in [0.4, 0.5) is 22.7 Å². The maximum atomic E-state index is 11.0. The molecule has 152 valence electrons. The highest BCUT2D eigenvalue weighted by molar-refractivity contribution is 5.67. The molecule has 0 heterocycles. The number of nitro benzene ring substituents is 1. The number of nitriles is 2. The zero-order valence-corrected chi connectivity index (χ0v) is 17.0. The molecule has 0 saturated heterocycles. The number of aryl methyl sites for hydroxylation is 1. The lowest BCUT2D eigenvalue weighted by molar-refractivity contribution is -0.384. The van der Waals surface area contributed by atoms with Crippen molar-refractivity contribution in [3.05, 3.63) is 93.0 Å². The molecule has 0 atom stereocenters. The molecule has 3 aromatic rings. The SMILES string of the molecule is Cc1cc(N(C)Cc2ccccc2)ccc1N=Nc1c(C#N)cc([N+](=O)[O-])cc1C#N. The Labute approximate surface area is 179 Å². The van der Waals surface area contributed by atoms with Gasteiger partial charge in [-0.2, -0.15) is 15.6 Å². The van der Waals surface area contributed by atoms with E-state index >= 15 is 0 Å². The molecule has 0 aliphatic rings. The zero-order valence-electron chi connectivity index (χ0n) is 17.0. The Hall–Kier alpha value is -4.56. The summed E-state index contributed by atoms with van der Waals surface area (Å²) in [7, 11) is 2.00. The fraction of sp³-hybridized carbons (Fsp3) is 0.130. The number of non-ortho nitro benzene ring substituents is 1. The second-order valence-electron chi connectivity index (χ2n) is 6.88. The van der Waals surface area contributed by atoms with Gasteiger partial charge in [0.1, 0.15) is 17.8 Å². The van der Waals surface area contributed by atoms with Crippen molar-refractivity contribution in [2.75, 3.05) is 11.9 Å². The van der Waals surface area contributed by atoms with E-state index < -0.39 is 4.92 Å². The van der Waals surface area contributed by atoms with Crippen molar-refractivity contribution in [3.8, 4) is 12.1 Å². The molecule has 8 heteroatoms. The lowest BCUT2D eigenvalue weighted by atomic mass is 10.1. The maximum Gasteiger partial charge on any atom is 0.272 e. The van der Waals surface area contributed by atoms with Gasteiger partial charge in [-0.15, -0.1) is 5.11 Å². The summed E-state index contributed by atoms with van der Waals surface area (Å²) in [6, 6.07) is 21.7. The Kier molecular flexibility index (Phi) is 6.34. The van der Waals surface area contributed by atoms with E-state index in [0.717, 1.165) is 29.9 Å². The summed E-state index contributed by atoms with van der Waals surface area (Å²) in [6.45, 7) is 2.64. The van der Waals surface area contributed by atoms with E-state index in [4.69, 9.17) is 0 Å². The topological polar surface area (TPSA) is 119 Å². The van der Waals surface area contributed by atoms with Gasteiger partial charge in [0, 0.05) is 31.4 Å². The van der Waals surface area contributed by atoms with E-state index in [1.54, 1.807) is 6.07 Å². The molecule has 8 nitrogen and oxygen atoms in total. The monoisotopic (exact) mass is 410 g/mol. The molecule has 0 fully saturated rings. The molecular formula is C23H18N6O2. The number of hydrogen-bond donors (Lipinski definition) is 0. The van der Waals surface area contributed by atoms with Gasteiger partial charge in [-0.25, -0.2) is 0 Å². The lowest BCUT2D eigenvalue weighted by Crippen LogP contribution is -2.16. The number of hydrogen-bond acceptors (Lipinski definition) is 7. The van der Waals surface area contributed by atoms with Gasteiger partial charge in [-0.1, -0.05) is 30.3 Å². The van der Waals surface area contributed by atoms with Gasteiger partial charge in [-0.3, -0.25) is 10.1 Å². The molecule has 31 heavy (non-hydrogen) atoms. The van der Waals surface area contributed by atoms with Crippen LogP contribution in [0.5, 0.6) is 0 Å². The van der Waals surface area contributed by atoms with Crippen molar-refractivity contribution in [2.45, 2.75) is 13.5 Å². The second-order valence-corrected chi connectivity index (χ2v) is 6.88. The summed E-state index contributed by atoms with van der Waals surface area (Å²) in [5, 5.41) is 37.9. The van der Waals surface area contributed by atoms with Gasteiger partial charge in [0.2, 0.25) is 0 Å². The van der Waals surface area contributed by atoms with Crippen molar-refractivity contribution < 1.29 is 4.92 Å². The van der Waals surface area contributed by atoms with Gasteiger partial charge in [0.05, 0.1) is 21.7 Å². The van der Waals surface area contributed by atoms with Crippen LogP contribution >= 0.6 is 0 Å². The molecule has 0 spiro atoms. The molecule has 0 aliphatic heterocycles. The van der Waals surface area contributed by atoms with Crippen molar-refractivity contribution in [2.24, 2.45) is 10.2 Å². The standard InChI is InChI=1S/C23H18N6O2/c1-16-10-20(28(2)15-17-6-4-3-5-7-17)8-9-22(16)26-27-23-18(13-24)11-21(29(30)31)12-19(23)14-25/h3-12H,15H2,1-2H3. The molecule has 0 aliphatic carbocycles. The van der Waals surface area contributed by atoms with E-state index in [0.29, 0.717) is 5.69 Å². The average molecular weight is 410 g/mol. The zero-order chi connectivity index (χ0) is 22.4. The third-order valence-electron chi connectivity index (χ3n) is 4.69. The van der Waals surface area contributed by atoms with Gasteiger partial charge in [0.25, 0.3) is 5.69 Å². The van der Waals surface area contributed by atoms with Gasteiger partial charge in [-0.05, 0) is 36.2 Å². The number of azo groups is 1. The highest BCUT2D eigenvalue weighted by atomic mass is 16.6. The highest BCUT2D eigenvalue weighted by Gasteiger charge is 2.17. The first-order valence-corrected chi connectivity index (χ1v) is 9.33. The first-order valence-electron chi connectivity index (χ1n) is 9.33. The summed E-state index contributed by atoms with van der Waals surface area (Å²) in [5.74, 6) is 0. The van der Waals surface area contributed by atoms with Gasteiger partial charge >= 0.3 is 0 Å². The number of anilines is 1. The molecule has 3 aromatic carbocycles. The predicted octanol–water partition coefficient (Wildman–Crippen LogP) is 5.70. The molecule has 0 N–H and O–H groups in total. The van der Waals surface area contributed by atoms with Crippen LogP contribution in [-0.4, -0.2) is 12.0 Å². The molecule has 0 amide bonds. The van der Waals surface area contributed by atoms with Crippen molar-refractivity contribution >= 4 is 22.7 Å². The summed E-state index contributed by atoms with van der Waals surface area (Å²) >= 11 is 0. The van der Waals surface area contributed by atoms with Crippen LogP contribution in [0.15, 0.2) is 70.9 Å². The van der Waals surface area contributed by atoms with E-state index in [2.05, 4.69) is 27.3 Å².